The molecule has 0 aliphatic rings. The van der Waals surface area contributed by atoms with Gasteiger partial charge in [-0.3, -0.25) is 4.79 Å². The molecule has 0 heterocycles. The number of rotatable bonds is 8. The van der Waals surface area contributed by atoms with Crippen LogP contribution >= 0.6 is 31.9 Å². The summed E-state index contributed by atoms with van der Waals surface area (Å²) < 4.78 is 0. The average Bonchev–Trinajstić information content (AvgIpc) is 2.06. The molecule has 0 N–H and O–H groups in total. The molecule has 72 valence electrons. The minimum absolute atomic E-state index is 0.428. The van der Waals surface area contributed by atoms with Gasteiger partial charge in [0.2, 0.25) is 0 Å². The Balaban J connectivity index is 3.10. The van der Waals surface area contributed by atoms with Gasteiger partial charge in [-0.2, -0.15) is 0 Å². The normalized spacial score (nSPS) is 10.2. The summed E-state index contributed by atoms with van der Waals surface area (Å²) in [5, 5.41) is 2.03. The fourth-order valence-electron chi connectivity index (χ4n) is 0.958. The molecule has 0 amide bonds. The van der Waals surface area contributed by atoms with E-state index in [1.807, 2.05) is 0 Å². The second-order valence-electron chi connectivity index (χ2n) is 2.83. The number of hydrogen-bond donors (Lipinski definition) is 0. The molecule has 0 unspecified atom stereocenters. The van der Waals surface area contributed by atoms with Gasteiger partial charge in [0, 0.05) is 23.5 Å². The number of carbonyl (C=O) groups excluding carboxylic acids is 1. The van der Waals surface area contributed by atoms with Crippen LogP contribution in [0.15, 0.2) is 0 Å². The topological polar surface area (TPSA) is 17.1 Å². The van der Waals surface area contributed by atoms with Crippen LogP contribution in [0.5, 0.6) is 0 Å². The largest absolute Gasteiger partial charge is 0.300 e. The van der Waals surface area contributed by atoms with Gasteiger partial charge in [-0.1, -0.05) is 31.9 Å². The molecular formula is C9H16Br2O. The molecule has 0 fully saturated rings. The maximum Gasteiger partial charge on any atom is 0.132 e. The Bertz CT molecular complexity index is 103. The molecule has 0 aromatic carbocycles. The van der Waals surface area contributed by atoms with E-state index in [-0.39, 0.29) is 0 Å². The Hall–Kier alpha value is 0.630. The average molecular weight is 300 g/mol. The molecule has 0 aromatic rings. The van der Waals surface area contributed by atoms with Crippen LogP contribution in [0.4, 0.5) is 0 Å². The van der Waals surface area contributed by atoms with Gasteiger partial charge in [0.25, 0.3) is 0 Å². The van der Waals surface area contributed by atoms with E-state index < -0.39 is 0 Å². The predicted octanol–water partition coefficient (Wildman–Crippen LogP) is 3.69. The van der Waals surface area contributed by atoms with E-state index in [9.17, 15) is 4.79 Å². The van der Waals surface area contributed by atoms with Crippen LogP contribution < -0.4 is 0 Å². The zero-order valence-corrected chi connectivity index (χ0v) is 10.5. The minimum Gasteiger partial charge on any atom is -0.300 e. The van der Waals surface area contributed by atoms with Gasteiger partial charge in [0.15, 0.2) is 0 Å². The summed E-state index contributed by atoms with van der Waals surface area (Å²) in [5.74, 6) is 0.428. The van der Waals surface area contributed by atoms with Crippen LogP contribution in [0.3, 0.4) is 0 Å². The van der Waals surface area contributed by atoms with E-state index in [1.165, 1.54) is 0 Å². The first-order valence-electron chi connectivity index (χ1n) is 4.45. The summed E-state index contributed by atoms with van der Waals surface area (Å²) in [5.41, 5.74) is 0. The number of ketones is 1. The van der Waals surface area contributed by atoms with Crippen LogP contribution in [-0.2, 0) is 4.79 Å². The SMILES string of the molecule is O=C(CCCCBr)CCCCBr. The monoisotopic (exact) mass is 298 g/mol. The van der Waals surface area contributed by atoms with Crippen molar-refractivity contribution in [1.29, 1.82) is 0 Å². The number of hydrogen-bond acceptors (Lipinski definition) is 1. The zero-order valence-electron chi connectivity index (χ0n) is 7.32. The van der Waals surface area contributed by atoms with E-state index in [2.05, 4.69) is 31.9 Å². The Morgan fingerprint density at radius 3 is 1.58 bits per heavy atom. The number of alkyl halides is 2. The molecule has 0 spiro atoms. The molecule has 0 saturated heterocycles. The molecule has 0 atom stereocenters. The minimum atomic E-state index is 0.428. The third-order valence-electron chi connectivity index (χ3n) is 1.68. The summed E-state index contributed by atoms with van der Waals surface area (Å²) in [4.78, 5) is 11.2. The maximum atomic E-state index is 11.2. The van der Waals surface area contributed by atoms with Crippen molar-refractivity contribution in [3.8, 4) is 0 Å². The first kappa shape index (κ1) is 12.6. The number of Topliss-reactive ketones (excluding diaryl/α,β-unsaturated/α-hetero) is 1. The van der Waals surface area contributed by atoms with Gasteiger partial charge in [-0.15, -0.1) is 0 Å². The lowest BCUT2D eigenvalue weighted by atomic mass is 10.1. The van der Waals surface area contributed by atoms with E-state index >= 15 is 0 Å². The lowest BCUT2D eigenvalue weighted by Gasteiger charge is -1.98. The highest BCUT2D eigenvalue weighted by atomic mass is 79.9. The standard InChI is InChI=1S/C9H16Br2O/c10-7-3-1-5-9(12)6-2-4-8-11/h1-8H2. The fourth-order valence-corrected chi connectivity index (χ4v) is 1.75. The van der Waals surface area contributed by atoms with E-state index in [1.54, 1.807) is 0 Å². The Morgan fingerprint density at radius 2 is 1.25 bits per heavy atom. The molecule has 1 nitrogen and oxygen atoms in total. The second-order valence-corrected chi connectivity index (χ2v) is 4.42. The molecule has 0 radical (unpaired) electrons. The summed E-state index contributed by atoms with van der Waals surface area (Å²) >= 11 is 6.69. The Labute approximate surface area is 91.6 Å². The molecule has 3 heteroatoms. The summed E-state index contributed by atoms with van der Waals surface area (Å²) in [6, 6.07) is 0. The zero-order chi connectivity index (χ0) is 9.23. The smallest absolute Gasteiger partial charge is 0.132 e. The molecule has 0 aliphatic carbocycles. The van der Waals surface area contributed by atoms with Crippen molar-refractivity contribution in [3.05, 3.63) is 0 Å². The van der Waals surface area contributed by atoms with Gasteiger partial charge in [-0.05, 0) is 25.7 Å². The summed E-state index contributed by atoms with van der Waals surface area (Å²) in [6.45, 7) is 0. The van der Waals surface area contributed by atoms with Crippen molar-refractivity contribution in [2.45, 2.75) is 38.5 Å². The van der Waals surface area contributed by atoms with E-state index in [0.717, 1.165) is 49.2 Å². The Morgan fingerprint density at radius 1 is 0.833 bits per heavy atom. The third kappa shape index (κ3) is 8.72. The van der Waals surface area contributed by atoms with Crippen LogP contribution in [0.1, 0.15) is 38.5 Å². The van der Waals surface area contributed by atoms with Crippen LogP contribution in [0.2, 0.25) is 0 Å². The van der Waals surface area contributed by atoms with E-state index in [4.69, 9.17) is 0 Å². The lowest BCUT2D eigenvalue weighted by Crippen LogP contribution is -1.97. The van der Waals surface area contributed by atoms with E-state index in [0.29, 0.717) is 5.78 Å². The van der Waals surface area contributed by atoms with Crippen molar-refractivity contribution in [1.82, 2.24) is 0 Å². The first-order valence-corrected chi connectivity index (χ1v) is 6.69. The van der Waals surface area contributed by atoms with Crippen molar-refractivity contribution in [2.24, 2.45) is 0 Å². The van der Waals surface area contributed by atoms with Gasteiger partial charge in [0.05, 0.1) is 0 Å². The third-order valence-corrected chi connectivity index (χ3v) is 2.80. The predicted molar refractivity (Wildman–Crippen MR) is 60.3 cm³/mol. The molecule has 0 bridgehead atoms. The van der Waals surface area contributed by atoms with Crippen LogP contribution in [0.25, 0.3) is 0 Å². The highest BCUT2D eigenvalue weighted by Crippen LogP contribution is 2.05. The molecule has 0 saturated carbocycles. The molecular weight excluding hydrogens is 284 g/mol. The van der Waals surface area contributed by atoms with Crippen molar-refractivity contribution in [3.63, 3.8) is 0 Å². The maximum absolute atomic E-state index is 11.2. The second kappa shape index (κ2) is 9.72. The van der Waals surface area contributed by atoms with Crippen LogP contribution in [0, 0.1) is 0 Å². The summed E-state index contributed by atoms with van der Waals surface area (Å²) in [7, 11) is 0. The number of carbonyl (C=O) groups is 1. The van der Waals surface area contributed by atoms with Gasteiger partial charge >= 0.3 is 0 Å². The van der Waals surface area contributed by atoms with Crippen LogP contribution in [-0.4, -0.2) is 16.4 Å². The molecule has 0 aromatic heterocycles. The summed E-state index contributed by atoms with van der Waals surface area (Å²) in [6.07, 6.45) is 5.85. The van der Waals surface area contributed by atoms with Gasteiger partial charge in [-0.25, -0.2) is 0 Å². The highest BCUT2D eigenvalue weighted by molar-refractivity contribution is 9.09. The first-order chi connectivity index (χ1) is 5.81. The van der Waals surface area contributed by atoms with Crippen molar-refractivity contribution >= 4 is 37.6 Å². The number of halogens is 2. The molecule has 0 aliphatic heterocycles. The van der Waals surface area contributed by atoms with Crippen molar-refractivity contribution < 1.29 is 4.79 Å². The van der Waals surface area contributed by atoms with Crippen molar-refractivity contribution in [2.75, 3.05) is 10.7 Å². The highest BCUT2D eigenvalue weighted by Gasteiger charge is 2.00. The number of unbranched alkanes of at least 4 members (excludes halogenated alkanes) is 2. The quantitative estimate of drug-likeness (QED) is 0.493. The molecule has 12 heavy (non-hydrogen) atoms. The Kier molecular flexibility index (Phi) is 10.2. The van der Waals surface area contributed by atoms with Gasteiger partial charge < -0.3 is 0 Å². The lowest BCUT2D eigenvalue weighted by molar-refractivity contribution is -0.119. The fraction of sp³-hybridized carbons (Fsp3) is 0.889. The van der Waals surface area contributed by atoms with Gasteiger partial charge in [0.1, 0.15) is 5.78 Å². The molecule has 0 rings (SSSR count).